The number of benzene rings is 2. The molecule has 0 heterocycles. The molecule has 2 aromatic rings. The fourth-order valence-corrected chi connectivity index (χ4v) is 1.91. The third kappa shape index (κ3) is 4.71. The maximum absolute atomic E-state index is 13.9. The summed E-state index contributed by atoms with van der Waals surface area (Å²) in [5.41, 5.74) is -0.523. The molecule has 0 atom stereocenters. The topological polar surface area (TPSA) is 29.1 Å². The molecule has 1 amide bonds. The van der Waals surface area contributed by atoms with E-state index in [1.165, 1.54) is 12.1 Å². The number of carbonyl (C=O) groups is 1. The molecule has 2 aromatic carbocycles. The van der Waals surface area contributed by atoms with Crippen LogP contribution in [0.1, 0.15) is 35.3 Å². The van der Waals surface area contributed by atoms with Crippen molar-refractivity contribution in [2.75, 3.05) is 5.32 Å². The standard InChI is InChI=1S/C15H10ClF4NO.C2H6/c1-8-2-7-11(13(17)12(8)16)21-14(22)9-3-5-10(6-4-9)15(18,19)20;1-2/h2-7H,1H3,(H,21,22);1-2H3. The van der Waals surface area contributed by atoms with Crippen LogP contribution in [-0.4, -0.2) is 5.91 Å². The van der Waals surface area contributed by atoms with Gasteiger partial charge in [0.05, 0.1) is 16.3 Å². The molecule has 0 unspecified atom stereocenters. The molecule has 0 aliphatic heterocycles. The van der Waals surface area contributed by atoms with Crippen LogP contribution in [-0.2, 0) is 6.18 Å². The summed E-state index contributed by atoms with van der Waals surface area (Å²) < 4.78 is 51.2. The Labute approximate surface area is 142 Å². The van der Waals surface area contributed by atoms with Crippen LogP contribution in [0, 0.1) is 12.7 Å². The predicted molar refractivity (Wildman–Crippen MR) is 86.9 cm³/mol. The van der Waals surface area contributed by atoms with Gasteiger partial charge in [0.15, 0.2) is 5.82 Å². The van der Waals surface area contributed by atoms with Gasteiger partial charge in [-0.15, -0.1) is 0 Å². The fourth-order valence-electron chi connectivity index (χ4n) is 1.75. The summed E-state index contributed by atoms with van der Waals surface area (Å²) in [5, 5.41) is 2.15. The van der Waals surface area contributed by atoms with E-state index in [1.807, 2.05) is 13.8 Å². The Morgan fingerprint density at radius 2 is 1.58 bits per heavy atom. The summed E-state index contributed by atoms with van der Waals surface area (Å²) in [6, 6.07) is 6.46. The minimum absolute atomic E-state index is 0.0240. The third-order valence-electron chi connectivity index (χ3n) is 3.00. The lowest BCUT2D eigenvalue weighted by Gasteiger charge is -2.10. The first-order valence-electron chi connectivity index (χ1n) is 7.13. The highest BCUT2D eigenvalue weighted by Gasteiger charge is 2.30. The van der Waals surface area contributed by atoms with Crippen LogP contribution in [0.25, 0.3) is 0 Å². The lowest BCUT2D eigenvalue weighted by molar-refractivity contribution is -0.137. The molecule has 24 heavy (non-hydrogen) atoms. The van der Waals surface area contributed by atoms with Crippen molar-refractivity contribution >= 4 is 23.2 Å². The first-order chi connectivity index (χ1) is 11.2. The van der Waals surface area contributed by atoms with Crippen molar-refractivity contribution in [1.29, 1.82) is 0 Å². The molecule has 2 rings (SSSR count). The third-order valence-corrected chi connectivity index (χ3v) is 3.46. The lowest BCUT2D eigenvalue weighted by Crippen LogP contribution is -2.14. The van der Waals surface area contributed by atoms with Crippen molar-refractivity contribution in [3.8, 4) is 0 Å². The van der Waals surface area contributed by atoms with Gasteiger partial charge in [-0.3, -0.25) is 4.79 Å². The van der Waals surface area contributed by atoms with Gasteiger partial charge < -0.3 is 5.32 Å². The number of rotatable bonds is 2. The number of carbonyl (C=O) groups excluding carboxylic acids is 1. The maximum atomic E-state index is 13.9. The first kappa shape index (κ1) is 20.0. The highest BCUT2D eigenvalue weighted by molar-refractivity contribution is 6.31. The van der Waals surface area contributed by atoms with Crippen LogP contribution >= 0.6 is 11.6 Å². The number of hydrogen-bond donors (Lipinski definition) is 1. The molecule has 0 radical (unpaired) electrons. The number of halogens is 5. The lowest BCUT2D eigenvalue weighted by atomic mass is 10.1. The number of nitrogens with one attached hydrogen (secondary N) is 1. The number of amides is 1. The van der Waals surface area contributed by atoms with Gasteiger partial charge in [0.2, 0.25) is 0 Å². The molecule has 0 aromatic heterocycles. The maximum Gasteiger partial charge on any atom is 0.416 e. The van der Waals surface area contributed by atoms with Gasteiger partial charge in [-0.1, -0.05) is 31.5 Å². The largest absolute Gasteiger partial charge is 0.416 e. The molecule has 1 N–H and O–H groups in total. The van der Waals surface area contributed by atoms with Crippen molar-refractivity contribution in [3.63, 3.8) is 0 Å². The average molecular weight is 362 g/mol. The van der Waals surface area contributed by atoms with E-state index >= 15 is 0 Å². The Hall–Kier alpha value is -2.08. The van der Waals surface area contributed by atoms with Crippen LogP contribution in [0.5, 0.6) is 0 Å². The minimum Gasteiger partial charge on any atom is -0.319 e. The van der Waals surface area contributed by atoms with Crippen LogP contribution < -0.4 is 5.32 Å². The summed E-state index contributed by atoms with van der Waals surface area (Å²) >= 11 is 5.73. The highest BCUT2D eigenvalue weighted by atomic mass is 35.5. The predicted octanol–water partition coefficient (Wildman–Crippen LogP) is 6.08. The Morgan fingerprint density at radius 3 is 2.08 bits per heavy atom. The zero-order valence-corrected chi connectivity index (χ0v) is 14.0. The van der Waals surface area contributed by atoms with Crippen molar-refractivity contribution in [1.82, 2.24) is 0 Å². The smallest absolute Gasteiger partial charge is 0.319 e. The molecule has 0 aliphatic carbocycles. The molecule has 130 valence electrons. The van der Waals surface area contributed by atoms with E-state index in [0.717, 1.165) is 24.3 Å². The van der Waals surface area contributed by atoms with E-state index in [4.69, 9.17) is 11.6 Å². The van der Waals surface area contributed by atoms with Crippen LogP contribution in [0.2, 0.25) is 5.02 Å². The molecule has 7 heteroatoms. The minimum atomic E-state index is -4.48. The normalized spacial score (nSPS) is 10.7. The van der Waals surface area contributed by atoms with Crippen LogP contribution in [0.3, 0.4) is 0 Å². The van der Waals surface area contributed by atoms with Crippen molar-refractivity contribution < 1.29 is 22.4 Å². The number of aryl methyl sites for hydroxylation is 1. The van der Waals surface area contributed by atoms with Gasteiger partial charge in [-0.05, 0) is 42.8 Å². The second-order valence-electron chi connectivity index (χ2n) is 4.59. The van der Waals surface area contributed by atoms with E-state index in [-0.39, 0.29) is 16.3 Å². The number of alkyl halides is 3. The van der Waals surface area contributed by atoms with E-state index < -0.39 is 23.5 Å². The highest BCUT2D eigenvalue weighted by Crippen LogP contribution is 2.29. The second kappa shape index (κ2) is 8.15. The Bertz CT molecular complexity index is 712. The zero-order chi connectivity index (χ0) is 18.5. The molecule has 0 aliphatic rings. The molecule has 2 nitrogen and oxygen atoms in total. The molecule has 0 fully saturated rings. The number of anilines is 1. The Kier molecular flexibility index (Phi) is 6.78. The van der Waals surface area contributed by atoms with Gasteiger partial charge in [-0.2, -0.15) is 13.2 Å². The van der Waals surface area contributed by atoms with Gasteiger partial charge in [0, 0.05) is 5.56 Å². The molecule has 0 saturated heterocycles. The molecule has 0 bridgehead atoms. The van der Waals surface area contributed by atoms with E-state index in [0.29, 0.717) is 5.56 Å². The van der Waals surface area contributed by atoms with Crippen molar-refractivity contribution in [2.45, 2.75) is 26.9 Å². The van der Waals surface area contributed by atoms with Crippen LogP contribution in [0.15, 0.2) is 36.4 Å². The van der Waals surface area contributed by atoms with Gasteiger partial charge in [-0.25, -0.2) is 4.39 Å². The first-order valence-corrected chi connectivity index (χ1v) is 7.51. The second-order valence-corrected chi connectivity index (χ2v) is 4.97. The average Bonchev–Trinajstić information content (AvgIpc) is 2.56. The monoisotopic (exact) mass is 361 g/mol. The van der Waals surface area contributed by atoms with E-state index in [1.54, 1.807) is 6.92 Å². The SMILES string of the molecule is CC.Cc1ccc(NC(=O)c2ccc(C(F)(F)F)cc2)c(F)c1Cl. The van der Waals surface area contributed by atoms with Crippen molar-refractivity contribution in [2.24, 2.45) is 0 Å². The van der Waals surface area contributed by atoms with E-state index in [2.05, 4.69) is 5.32 Å². The molecule has 0 spiro atoms. The quantitative estimate of drug-likeness (QED) is 0.645. The van der Waals surface area contributed by atoms with E-state index in [9.17, 15) is 22.4 Å². The van der Waals surface area contributed by atoms with Crippen LogP contribution in [0.4, 0.5) is 23.2 Å². The number of hydrogen-bond acceptors (Lipinski definition) is 1. The fraction of sp³-hybridized carbons (Fsp3) is 0.235. The molecular formula is C17H16ClF4NO. The zero-order valence-electron chi connectivity index (χ0n) is 13.3. The van der Waals surface area contributed by atoms with Gasteiger partial charge in [0.25, 0.3) is 5.91 Å². The summed E-state index contributed by atoms with van der Waals surface area (Å²) in [6.45, 7) is 5.60. The summed E-state index contributed by atoms with van der Waals surface area (Å²) in [6.07, 6.45) is -4.48. The Balaban J connectivity index is 0.00000139. The molecule has 0 saturated carbocycles. The molecular weight excluding hydrogens is 346 g/mol. The summed E-state index contributed by atoms with van der Waals surface area (Å²) in [7, 11) is 0. The Morgan fingerprint density at radius 1 is 1.04 bits per heavy atom. The summed E-state index contributed by atoms with van der Waals surface area (Å²) in [4.78, 5) is 11.9. The van der Waals surface area contributed by atoms with Crippen molar-refractivity contribution in [3.05, 3.63) is 63.9 Å². The van der Waals surface area contributed by atoms with Gasteiger partial charge >= 0.3 is 6.18 Å². The van der Waals surface area contributed by atoms with Gasteiger partial charge in [0.1, 0.15) is 0 Å². The summed E-state index contributed by atoms with van der Waals surface area (Å²) in [5.74, 6) is -1.52.